The van der Waals surface area contributed by atoms with Crippen LogP contribution in [0.25, 0.3) is 0 Å². The Labute approximate surface area is 112 Å². The molecule has 19 heavy (non-hydrogen) atoms. The van der Waals surface area contributed by atoms with Crippen LogP contribution in [0.5, 0.6) is 11.8 Å². The largest absolute Gasteiger partial charge is 0.481 e. The van der Waals surface area contributed by atoms with Gasteiger partial charge in [-0.15, -0.1) is 0 Å². The van der Waals surface area contributed by atoms with Crippen molar-refractivity contribution in [1.29, 1.82) is 0 Å². The zero-order valence-corrected chi connectivity index (χ0v) is 11.1. The number of hydrogen-bond acceptors (Lipinski definition) is 5. The normalized spacial score (nSPS) is 10.0. The Morgan fingerprint density at radius 1 is 1.21 bits per heavy atom. The van der Waals surface area contributed by atoms with Crippen LogP contribution in [-0.4, -0.2) is 23.7 Å². The average Bonchev–Trinajstić information content (AvgIpc) is 2.47. The van der Waals surface area contributed by atoms with Crippen molar-refractivity contribution in [2.75, 3.05) is 19.0 Å². The maximum Gasteiger partial charge on any atom is 0.237 e. The molecule has 0 aliphatic heterocycles. The van der Waals surface area contributed by atoms with Crippen LogP contribution in [0, 0.1) is 0 Å². The number of pyridine rings is 2. The summed E-state index contributed by atoms with van der Waals surface area (Å²) < 4.78 is 10.5. The molecule has 0 fully saturated rings. The maximum absolute atomic E-state index is 5.45. The highest BCUT2D eigenvalue weighted by atomic mass is 16.5. The Bertz CT molecular complexity index is 532. The van der Waals surface area contributed by atoms with E-state index in [1.54, 1.807) is 13.3 Å². The van der Waals surface area contributed by atoms with Crippen LogP contribution in [-0.2, 0) is 6.54 Å². The second-order valence-electron chi connectivity index (χ2n) is 3.81. The van der Waals surface area contributed by atoms with Gasteiger partial charge in [0.1, 0.15) is 0 Å². The third kappa shape index (κ3) is 3.58. The zero-order valence-electron chi connectivity index (χ0n) is 11.1. The molecule has 1 N–H and O–H groups in total. The lowest BCUT2D eigenvalue weighted by Crippen LogP contribution is -2.05. The van der Waals surface area contributed by atoms with E-state index in [1.165, 1.54) is 0 Å². The predicted octanol–water partition coefficient (Wildman–Crippen LogP) is 2.50. The van der Waals surface area contributed by atoms with Gasteiger partial charge in [0, 0.05) is 12.3 Å². The van der Waals surface area contributed by atoms with E-state index in [9.17, 15) is 0 Å². The first-order valence-corrected chi connectivity index (χ1v) is 6.15. The van der Waals surface area contributed by atoms with E-state index in [4.69, 9.17) is 9.47 Å². The Morgan fingerprint density at radius 2 is 2.11 bits per heavy atom. The number of nitrogens with zero attached hydrogens (tertiary/aromatic N) is 2. The standard InChI is InChI=1S/C14H17N3O2/c1-3-19-14-12(7-5-9-15-14)16-10-11-6-4-8-13(17-11)18-2/h4-9,16H,3,10H2,1-2H3. The monoisotopic (exact) mass is 259 g/mol. The van der Waals surface area contributed by atoms with Gasteiger partial charge in [-0.2, -0.15) is 0 Å². The highest BCUT2D eigenvalue weighted by Gasteiger charge is 2.04. The van der Waals surface area contributed by atoms with Crippen molar-refractivity contribution in [2.45, 2.75) is 13.5 Å². The first-order valence-electron chi connectivity index (χ1n) is 6.15. The van der Waals surface area contributed by atoms with Crippen molar-refractivity contribution < 1.29 is 9.47 Å². The summed E-state index contributed by atoms with van der Waals surface area (Å²) in [6.07, 6.45) is 1.71. The molecular weight excluding hydrogens is 242 g/mol. The molecular formula is C14H17N3O2. The summed E-state index contributed by atoms with van der Waals surface area (Å²) in [5.74, 6) is 1.21. The van der Waals surface area contributed by atoms with Crippen LogP contribution >= 0.6 is 0 Å². The van der Waals surface area contributed by atoms with Crippen LogP contribution in [0.2, 0.25) is 0 Å². The molecule has 0 spiro atoms. The molecule has 2 heterocycles. The molecule has 2 aromatic heterocycles. The molecule has 0 saturated heterocycles. The number of anilines is 1. The first-order chi connectivity index (χ1) is 9.33. The van der Waals surface area contributed by atoms with Gasteiger partial charge in [0.15, 0.2) is 0 Å². The minimum absolute atomic E-state index is 0.586. The van der Waals surface area contributed by atoms with Crippen molar-refractivity contribution in [1.82, 2.24) is 9.97 Å². The molecule has 5 nitrogen and oxygen atoms in total. The lowest BCUT2D eigenvalue weighted by atomic mass is 10.3. The fourth-order valence-electron chi connectivity index (χ4n) is 1.63. The van der Waals surface area contributed by atoms with Crippen LogP contribution in [0.4, 0.5) is 5.69 Å². The molecule has 0 unspecified atom stereocenters. The summed E-state index contributed by atoms with van der Waals surface area (Å²) in [4.78, 5) is 8.52. The van der Waals surface area contributed by atoms with E-state index < -0.39 is 0 Å². The Morgan fingerprint density at radius 3 is 2.89 bits per heavy atom. The van der Waals surface area contributed by atoms with Gasteiger partial charge < -0.3 is 14.8 Å². The smallest absolute Gasteiger partial charge is 0.237 e. The van der Waals surface area contributed by atoms with Crippen LogP contribution in [0.1, 0.15) is 12.6 Å². The molecule has 0 radical (unpaired) electrons. The third-order valence-electron chi connectivity index (χ3n) is 2.50. The maximum atomic E-state index is 5.45. The quantitative estimate of drug-likeness (QED) is 0.863. The second-order valence-corrected chi connectivity index (χ2v) is 3.81. The molecule has 0 aliphatic carbocycles. The number of ether oxygens (including phenoxy) is 2. The number of nitrogens with one attached hydrogen (secondary N) is 1. The molecule has 0 atom stereocenters. The predicted molar refractivity (Wildman–Crippen MR) is 73.5 cm³/mol. The van der Waals surface area contributed by atoms with Gasteiger partial charge in [0.25, 0.3) is 0 Å². The van der Waals surface area contributed by atoms with Crippen molar-refractivity contribution in [3.8, 4) is 11.8 Å². The van der Waals surface area contributed by atoms with Gasteiger partial charge in [0.2, 0.25) is 11.8 Å². The molecule has 0 saturated carbocycles. The summed E-state index contributed by atoms with van der Waals surface area (Å²) >= 11 is 0. The average molecular weight is 259 g/mol. The van der Waals surface area contributed by atoms with Crippen molar-refractivity contribution >= 4 is 5.69 Å². The number of aromatic nitrogens is 2. The summed E-state index contributed by atoms with van der Waals surface area (Å²) in [6.45, 7) is 3.11. The number of rotatable bonds is 6. The molecule has 0 bridgehead atoms. The van der Waals surface area contributed by atoms with Gasteiger partial charge in [0.05, 0.1) is 31.6 Å². The topological polar surface area (TPSA) is 56.3 Å². The summed E-state index contributed by atoms with van der Waals surface area (Å²) in [7, 11) is 1.61. The summed E-state index contributed by atoms with van der Waals surface area (Å²) in [5.41, 5.74) is 1.75. The van der Waals surface area contributed by atoms with Crippen LogP contribution in [0.15, 0.2) is 36.5 Å². The van der Waals surface area contributed by atoms with Crippen LogP contribution in [0.3, 0.4) is 0 Å². The first kappa shape index (κ1) is 13.1. The molecule has 100 valence electrons. The van der Waals surface area contributed by atoms with E-state index in [-0.39, 0.29) is 0 Å². The second kappa shape index (κ2) is 6.58. The molecule has 2 aromatic rings. The minimum Gasteiger partial charge on any atom is -0.481 e. The Kier molecular flexibility index (Phi) is 4.55. The number of hydrogen-bond donors (Lipinski definition) is 1. The third-order valence-corrected chi connectivity index (χ3v) is 2.50. The van der Waals surface area contributed by atoms with Gasteiger partial charge in [-0.25, -0.2) is 9.97 Å². The zero-order chi connectivity index (χ0) is 13.5. The van der Waals surface area contributed by atoms with E-state index in [0.29, 0.717) is 24.9 Å². The number of methoxy groups -OCH3 is 1. The van der Waals surface area contributed by atoms with Crippen molar-refractivity contribution in [3.63, 3.8) is 0 Å². The highest BCUT2D eigenvalue weighted by molar-refractivity contribution is 5.52. The van der Waals surface area contributed by atoms with Crippen molar-refractivity contribution in [3.05, 3.63) is 42.2 Å². The molecule has 0 aromatic carbocycles. The van der Waals surface area contributed by atoms with E-state index >= 15 is 0 Å². The Hall–Kier alpha value is -2.30. The van der Waals surface area contributed by atoms with E-state index in [2.05, 4.69) is 15.3 Å². The Balaban J connectivity index is 2.05. The molecule has 0 amide bonds. The molecule has 5 heteroatoms. The summed E-state index contributed by atoms with van der Waals surface area (Å²) in [6, 6.07) is 9.46. The lowest BCUT2D eigenvalue weighted by Gasteiger charge is -2.10. The van der Waals surface area contributed by atoms with Gasteiger partial charge in [-0.1, -0.05) is 6.07 Å². The lowest BCUT2D eigenvalue weighted by molar-refractivity contribution is 0.328. The van der Waals surface area contributed by atoms with Gasteiger partial charge in [-0.05, 0) is 25.1 Å². The fourth-order valence-corrected chi connectivity index (χ4v) is 1.63. The van der Waals surface area contributed by atoms with Crippen molar-refractivity contribution in [2.24, 2.45) is 0 Å². The highest BCUT2D eigenvalue weighted by Crippen LogP contribution is 2.21. The van der Waals surface area contributed by atoms with Gasteiger partial charge >= 0.3 is 0 Å². The molecule has 2 rings (SSSR count). The van der Waals surface area contributed by atoms with Gasteiger partial charge in [-0.3, -0.25) is 0 Å². The molecule has 0 aliphatic rings. The SMILES string of the molecule is CCOc1ncccc1NCc1cccc(OC)n1. The fraction of sp³-hybridized carbons (Fsp3) is 0.286. The van der Waals surface area contributed by atoms with E-state index in [0.717, 1.165) is 11.4 Å². The van der Waals surface area contributed by atoms with E-state index in [1.807, 2.05) is 37.3 Å². The minimum atomic E-state index is 0.586. The van der Waals surface area contributed by atoms with Crippen LogP contribution < -0.4 is 14.8 Å². The summed E-state index contributed by atoms with van der Waals surface area (Å²) in [5, 5.41) is 3.26.